The van der Waals surface area contributed by atoms with Crippen molar-refractivity contribution in [3.05, 3.63) is 23.0 Å². The number of aromatic nitrogens is 1. The van der Waals surface area contributed by atoms with E-state index in [1.807, 2.05) is 0 Å². The van der Waals surface area contributed by atoms with Crippen LogP contribution in [0.1, 0.15) is 10.4 Å². The first kappa shape index (κ1) is 8.14. The third kappa shape index (κ3) is 1.54. The van der Waals surface area contributed by atoms with Crippen LogP contribution >= 0.6 is 11.6 Å². The fraction of sp³-hybridized carbons (Fsp3) is 0.286. The lowest BCUT2D eigenvalue weighted by molar-refractivity contribution is 0.0601. The highest BCUT2D eigenvalue weighted by atomic mass is 35.5. The maximum absolute atomic E-state index is 10.9. The van der Waals surface area contributed by atoms with E-state index in [1.54, 1.807) is 23.9 Å². The number of hydrogen-bond donors (Lipinski definition) is 0. The first-order valence-electron chi connectivity index (χ1n) is 3.05. The molecule has 0 spiro atoms. The minimum Gasteiger partial charge on any atom is -0.465 e. The van der Waals surface area contributed by atoms with Crippen molar-refractivity contribution in [2.24, 2.45) is 7.05 Å². The van der Waals surface area contributed by atoms with Crippen molar-refractivity contribution >= 4 is 17.6 Å². The van der Waals surface area contributed by atoms with Crippen LogP contribution in [0.2, 0.25) is 5.15 Å². The molecule has 1 aromatic heterocycles. The summed E-state index contributed by atoms with van der Waals surface area (Å²) in [6.45, 7) is 0. The third-order valence-corrected chi connectivity index (χ3v) is 1.74. The summed E-state index contributed by atoms with van der Waals surface area (Å²) >= 11 is 5.69. The van der Waals surface area contributed by atoms with Crippen LogP contribution in [0.25, 0.3) is 0 Å². The Morgan fingerprint density at radius 2 is 2.36 bits per heavy atom. The summed E-state index contributed by atoms with van der Waals surface area (Å²) in [7, 11) is 3.10. The molecule has 0 aliphatic carbocycles. The average Bonchev–Trinajstić information content (AvgIpc) is 2.31. The molecule has 60 valence electrons. The highest BCUT2D eigenvalue weighted by Gasteiger charge is 2.08. The van der Waals surface area contributed by atoms with E-state index in [0.717, 1.165) is 0 Å². The molecule has 0 saturated carbocycles. The first-order valence-corrected chi connectivity index (χ1v) is 3.43. The van der Waals surface area contributed by atoms with E-state index in [1.165, 1.54) is 7.11 Å². The van der Waals surface area contributed by atoms with Gasteiger partial charge in [-0.1, -0.05) is 11.6 Å². The van der Waals surface area contributed by atoms with Crippen molar-refractivity contribution in [2.45, 2.75) is 0 Å². The lowest BCUT2D eigenvalue weighted by atomic mass is 10.3. The Kier molecular flexibility index (Phi) is 2.19. The first-order chi connectivity index (χ1) is 5.15. The summed E-state index contributed by atoms with van der Waals surface area (Å²) in [4.78, 5) is 10.9. The number of halogens is 1. The van der Waals surface area contributed by atoms with Crippen molar-refractivity contribution < 1.29 is 9.53 Å². The van der Waals surface area contributed by atoms with Crippen molar-refractivity contribution in [1.82, 2.24) is 4.57 Å². The molecular formula is C7H8ClNO2. The second-order valence-corrected chi connectivity index (χ2v) is 2.54. The number of methoxy groups -OCH3 is 1. The molecule has 0 aliphatic rings. The molecule has 0 bridgehead atoms. The van der Waals surface area contributed by atoms with Gasteiger partial charge in [-0.3, -0.25) is 0 Å². The molecule has 1 rings (SSSR count). The molecule has 0 atom stereocenters. The molecule has 1 aromatic rings. The number of ether oxygens (including phenoxy) is 1. The van der Waals surface area contributed by atoms with E-state index in [9.17, 15) is 4.79 Å². The number of hydrogen-bond acceptors (Lipinski definition) is 2. The number of carbonyl (C=O) groups is 1. The monoisotopic (exact) mass is 173 g/mol. The van der Waals surface area contributed by atoms with Gasteiger partial charge in [0.2, 0.25) is 0 Å². The Hall–Kier alpha value is -0.960. The van der Waals surface area contributed by atoms with Gasteiger partial charge in [0.25, 0.3) is 0 Å². The highest BCUT2D eigenvalue weighted by Crippen LogP contribution is 2.12. The molecule has 11 heavy (non-hydrogen) atoms. The Labute approximate surface area is 69.5 Å². The zero-order chi connectivity index (χ0) is 8.43. The lowest BCUT2D eigenvalue weighted by Crippen LogP contribution is -1.98. The summed E-state index contributed by atoms with van der Waals surface area (Å²) < 4.78 is 6.14. The number of carbonyl (C=O) groups excluding carboxylic acids is 1. The normalized spacial score (nSPS) is 9.73. The van der Waals surface area contributed by atoms with E-state index >= 15 is 0 Å². The summed E-state index contributed by atoms with van der Waals surface area (Å²) in [5.41, 5.74) is 0.472. The van der Waals surface area contributed by atoms with Gasteiger partial charge in [-0.2, -0.15) is 0 Å². The second-order valence-electron chi connectivity index (χ2n) is 2.15. The minimum absolute atomic E-state index is 0.368. The van der Waals surface area contributed by atoms with Crippen LogP contribution in [-0.4, -0.2) is 17.6 Å². The molecule has 3 nitrogen and oxygen atoms in total. The molecule has 0 fully saturated rings. The van der Waals surface area contributed by atoms with Gasteiger partial charge in [0, 0.05) is 13.2 Å². The van der Waals surface area contributed by atoms with E-state index < -0.39 is 0 Å². The molecule has 0 aliphatic heterocycles. The molecule has 0 radical (unpaired) electrons. The maximum atomic E-state index is 10.9. The lowest BCUT2D eigenvalue weighted by Gasteiger charge is -1.91. The summed E-state index contributed by atoms with van der Waals surface area (Å²) in [6.07, 6.45) is 1.62. The van der Waals surface area contributed by atoms with Crippen molar-refractivity contribution in [2.75, 3.05) is 7.11 Å². The van der Waals surface area contributed by atoms with Gasteiger partial charge in [0.1, 0.15) is 5.15 Å². The third-order valence-electron chi connectivity index (χ3n) is 1.37. The van der Waals surface area contributed by atoms with Crippen LogP contribution in [0.3, 0.4) is 0 Å². The van der Waals surface area contributed by atoms with Gasteiger partial charge in [-0.25, -0.2) is 4.79 Å². The average molecular weight is 174 g/mol. The number of aryl methyl sites for hydroxylation is 1. The predicted octanol–water partition coefficient (Wildman–Crippen LogP) is 1.47. The van der Waals surface area contributed by atoms with E-state index in [0.29, 0.717) is 10.7 Å². The molecule has 0 aromatic carbocycles. The summed E-state index contributed by atoms with van der Waals surface area (Å²) in [5, 5.41) is 0.519. The second kappa shape index (κ2) is 2.96. The highest BCUT2D eigenvalue weighted by molar-refractivity contribution is 6.30. The standard InChI is InChI=1S/C7H8ClNO2/c1-9-4-5(3-6(9)8)7(10)11-2/h3-4H,1-2H3. The fourth-order valence-electron chi connectivity index (χ4n) is 0.767. The number of esters is 1. The number of nitrogens with zero attached hydrogens (tertiary/aromatic N) is 1. The minimum atomic E-state index is -0.368. The van der Waals surface area contributed by atoms with Crippen LogP contribution < -0.4 is 0 Å². The van der Waals surface area contributed by atoms with Crippen LogP contribution in [0.15, 0.2) is 12.3 Å². The molecule has 4 heteroatoms. The van der Waals surface area contributed by atoms with Gasteiger partial charge in [0.15, 0.2) is 0 Å². The molecule has 0 amide bonds. The van der Waals surface area contributed by atoms with Gasteiger partial charge >= 0.3 is 5.97 Å². The van der Waals surface area contributed by atoms with Crippen molar-refractivity contribution in [3.8, 4) is 0 Å². The topological polar surface area (TPSA) is 31.2 Å². The Morgan fingerprint density at radius 3 is 2.73 bits per heavy atom. The van der Waals surface area contributed by atoms with Crippen LogP contribution in [-0.2, 0) is 11.8 Å². The van der Waals surface area contributed by atoms with Gasteiger partial charge in [0.05, 0.1) is 12.7 Å². The zero-order valence-corrected chi connectivity index (χ0v) is 7.05. The van der Waals surface area contributed by atoms with Crippen LogP contribution in [0.5, 0.6) is 0 Å². The molecule has 0 unspecified atom stereocenters. The Bertz CT molecular complexity index is 260. The maximum Gasteiger partial charge on any atom is 0.339 e. The summed E-state index contributed by atoms with van der Waals surface area (Å²) in [5.74, 6) is -0.368. The Balaban J connectivity index is 2.97. The van der Waals surface area contributed by atoms with Crippen molar-refractivity contribution in [1.29, 1.82) is 0 Å². The SMILES string of the molecule is COC(=O)c1cc(Cl)n(C)c1. The zero-order valence-electron chi connectivity index (χ0n) is 6.30. The van der Waals surface area contributed by atoms with Gasteiger partial charge < -0.3 is 9.30 Å². The predicted molar refractivity (Wildman–Crippen MR) is 41.8 cm³/mol. The Morgan fingerprint density at radius 1 is 1.73 bits per heavy atom. The molecule has 1 heterocycles. The quantitative estimate of drug-likeness (QED) is 0.603. The smallest absolute Gasteiger partial charge is 0.339 e. The fourth-order valence-corrected chi connectivity index (χ4v) is 0.934. The van der Waals surface area contributed by atoms with Crippen molar-refractivity contribution in [3.63, 3.8) is 0 Å². The van der Waals surface area contributed by atoms with Crippen LogP contribution in [0.4, 0.5) is 0 Å². The van der Waals surface area contributed by atoms with Crippen LogP contribution in [0, 0.1) is 0 Å². The molecular weight excluding hydrogens is 166 g/mol. The summed E-state index contributed by atoms with van der Waals surface area (Å²) in [6, 6.07) is 1.56. The van der Waals surface area contributed by atoms with E-state index in [-0.39, 0.29) is 5.97 Å². The van der Waals surface area contributed by atoms with Gasteiger partial charge in [-0.15, -0.1) is 0 Å². The molecule has 0 saturated heterocycles. The largest absolute Gasteiger partial charge is 0.465 e. The van der Waals surface area contributed by atoms with E-state index in [4.69, 9.17) is 11.6 Å². The van der Waals surface area contributed by atoms with E-state index in [2.05, 4.69) is 4.74 Å². The number of rotatable bonds is 1. The van der Waals surface area contributed by atoms with Gasteiger partial charge in [-0.05, 0) is 6.07 Å². The molecule has 0 N–H and O–H groups in total.